The first kappa shape index (κ1) is 17.9. The van der Waals surface area contributed by atoms with Crippen molar-refractivity contribution in [2.45, 2.75) is 12.5 Å². The maximum absolute atomic E-state index is 11.6. The van der Waals surface area contributed by atoms with Crippen molar-refractivity contribution in [3.63, 3.8) is 0 Å². The molecule has 0 aromatic heterocycles. The standard InChI is InChI=1S/C12H15O9P/c1-17-9(13)3-7(11(15)18-2)4-10(14)21-22-6-8-5-19-12(16)20-8/h3,8,22H,4-6H2,1-2H3/b7-3+. The molecule has 10 heteroatoms. The summed E-state index contributed by atoms with van der Waals surface area (Å²) in [4.78, 5) is 44.9. The minimum atomic E-state index is -0.830. The van der Waals surface area contributed by atoms with Crippen LogP contribution in [0.15, 0.2) is 11.6 Å². The molecule has 122 valence electrons. The summed E-state index contributed by atoms with van der Waals surface area (Å²) < 4.78 is 23.1. The van der Waals surface area contributed by atoms with Gasteiger partial charge in [-0.3, -0.25) is 4.79 Å². The number of ether oxygens (including phenoxy) is 4. The lowest BCUT2D eigenvalue weighted by Crippen LogP contribution is -2.15. The molecule has 1 fully saturated rings. The van der Waals surface area contributed by atoms with Crippen LogP contribution in [0.3, 0.4) is 0 Å². The monoisotopic (exact) mass is 334 g/mol. The van der Waals surface area contributed by atoms with Gasteiger partial charge in [0, 0.05) is 12.2 Å². The minimum absolute atomic E-state index is 0.110. The summed E-state index contributed by atoms with van der Waals surface area (Å²) >= 11 is 0. The van der Waals surface area contributed by atoms with Crippen molar-refractivity contribution in [1.82, 2.24) is 0 Å². The average Bonchev–Trinajstić information content (AvgIpc) is 2.91. The molecule has 0 aromatic rings. The van der Waals surface area contributed by atoms with E-state index < -0.39 is 36.6 Å². The maximum Gasteiger partial charge on any atom is 0.508 e. The molecule has 1 aliphatic heterocycles. The van der Waals surface area contributed by atoms with E-state index in [0.29, 0.717) is 6.16 Å². The molecule has 0 N–H and O–H groups in total. The number of cyclic esters (lactones) is 2. The van der Waals surface area contributed by atoms with Crippen molar-refractivity contribution < 1.29 is 42.6 Å². The van der Waals surface area contributed by atoms with Crippen LogP contribution >= 0.6 is 8.81 Å². The number of hydrogen-bond acceptors (Lipinski definition) is 9. The lowest BCUT2D eigenvalue weighted by atomic mass is 10.2. The van der Waals surface area contributed by atoms with Gasteiger partial charge in [-0.05, 0) is 0 Å². The highest BCUT2D eigenvalue weighted by atomic mass is 31.1. The minimum Gasteiger partial charge on any atom is -0.466 e. The van der Waals surface area contributed by atoms with Crippen molar-refractivity contribution in [2.24, 2.45) is 0 Å². The molecule has 0 spiro atoms. The van der Waals surface area contributed by atoms with Crippen LogP contribution in [0, 0.1) is 0 Å². The van der Waals surface area contributed by atoms with Crippen molar-refractivity contribution >= 4 is 32.9 Å². The highest BCUT2D eigenvalue weighted by Crippen LogP contribution is 2.20. The first-order valence-electron chi connectivity index (χ1n) is 6.09. The van der Waals surface area contributed by atoms with Crippen LogP contribution in [-0.2, 0) is 37.9 Å². The number of carbonyl (C=O) groups excluding carboxylic acids is 4. The Morgan fingerprint density at radius 3 is 2.59 bits per heavy atom. The molecular formula is C12H15O9P. The Bertz CT molecular complexity index is 485. The SMILES string of the molecule is COC(=O)/C=C(\CC(=O)OPCC1COC(=O)O1)C(=O)OC. The van der Waals surface area contributed by atoms with Crippen molar-refractivity contribution in [3.05, 3.63) is 11.6 Å². The van der Waals surface area contributed by atoms with Gasteiger partial charge in [0.1, 0.15) is 12.7 Å². The fourth-order valence-corrected chi connectivity index (χ4v) is 2.09. The smallest absolute Gasteiger partial charge is 0.466 e. The van der Waals surface area contributed by atoms with Gasteiger partial charge < -0.3 is 23.5 Å². The molecule has 0 bridgehead atoms. The van der Waals surface area contributed by atoms with E-state index in [4.69, 9.17) is 9.26 Å². The predicted molar refractivity (Wildman–Crippen MR) is 72.2 cm³/mol. The van der Waals surface area contributed by atoms with E-state index in [9.17, 15) is 19.2 Å². The molecule has 9 nitrogen and oxygen atoms in total. The number of carbonyl (C=O) groups is 4. The molecule has 1 saturated heterocycles. The van der Waals surface area contributed by atoms with E-state index in [1.165, 1.54) is 0 Å². The van der Waals surface area contributed by atoms with Gasteiger partial charge in [0.2, 0.25) is 0 Å². The highest BCUT2D eigenvalue weighted by molar-refractivity contribution is 7.33. The molecule has 22 heavy (non-hydrogen) atoms. The third-order valence-corrected chi connectivity index (χ3v) is 3.42. The van der Waals surface area contributed by atoms with Crippen molar-refractivity contribution in [3.8, 4) is 0 Å². The second kappa shape index (κ2) is 8.99. The normalized spacial score (nSPS) is 17.8. The van der Waals surface area contributed by atoms with E-state index in [1.54, 1.807) is 0 Å². The zero-order valence-corrected chi connectivity index (χ0v) is 13.0. The van der Waals surface area contributed by atoms with E-state index in [1.807, 2.05) is 0 Å². The van der Waals surface area contributed by atoms with Gasteiger partial charge in [-0.25, -0.2) is 14.4 Å². The summed E-state index contributed by atoms with van der Waals surface area (Å²) in [5.74, 6) is -2.33. The average molecular weight is 334 g/mol. The molecule has 2 unspecified atom stereocenters. The molecule has 1 rings (SSSR count). The Labute approximate surface area is 127 Å². The van der Waals surface area contributed by atoms with Crippen LogP contribution < -0.4 is 0 Å². The third-order valence-electron chi connectivity index (χ3n) is 2.42. The van der Waals surface area contributed by atoms with Crippen LogP contribution in [0.25, 0.3) is 0 Å². The van der Waals surface area contributed by atoms with Crippen molar-refractivity contribution in [2.75, 3.05) is 27.0 Å². The van der Waals surface area contributed by atoms with Gasteiger partial charge in [0.05, 0.1) is 35.0 Å². The number of esters is 2. The number of methoxy groups -OCH3 is 2. The lowest BCUT2D eigenvalue weighted by molar-refractivity contribution is -0.140. The summed E-state index contributed by atoms with van der Waals surface area (Å²) in [7, 11) is 1.98. The van der Waals surface area contributed by atoms with E-state index in [0.717, 1.165) is 20.3 Å². The topological polar surface area (TPSA) is 114 Å². The van der Waals surface area contributed by atoms with Crippen LogP contribution in [0.5, 0.6) is 0 Å². The Kier molecular flexibility index (Phi) is 7.31. The van der Waals surface area contributed by atoms with Gasteiger partial charge in [-0.2, -0.15) is 0 Å². The number of hydrogen-bond donors (Lipinski definition) is 0. The zero-order valence-electron chi connectivity index (χ0n) is 12.0. The summed E-state index contributed by atoms with van der Waals surface area (Å²) in [6.07, 6.45) is -0.482. The van der Waals surface area contributed by atoms with Gasteiger partial charge in [0.15, 0.2) is 0 Å². The summed E-state index contributed by atoms with van der Waals surface area (Å²) in [5.41, 5.74) is -0.181. The molecule has 0 saturated carbocycles. The van der Waals surface area contributed by atoms with Gasteiger partial charge in [-0.15, -0.1) is 0 Å². The fraction of sp³-hybridized carbons (Fsp3) is 0.500. The molecule has 0 aromatic carbocycles. The molecule has 0 radical (unpaired) electrons. The second-order valence-electron chi connectivity index (χ2n) is 3.98. The van der Waals surface area contributed by atoms with E-state index in [-0.39, 0.29) is 21.0 Å². The Balaban J connectivity index is 2.42. The highest BCUT2D eigenvalue weighted by Gasteiger charge is 2.25. The Morgan fingerprint density at radius 1 is 1.32 bits per heavy atom. The number of rotatable bonds is 7. The van der Waals surface area contributed by atoms with Gasteiger partial charge >= 0.3 is 24.1 Å². The largest absolute Gasteiger partial charge is 0.508 e. The Hall–Kier alpha value is -2.15. The molecule has 2 atom stereocenters. The first-order valence-corrected chi connectivity index (χ1v) is 7.20. The van der Waals surface area contributed by atoms with E-state index >= 15 is 0 Å². The molecule has 1 aliphatic rings. The summed E-state index contributed by atoms with van der Waals surface area (Å²) in [6, 6.07) is 0. The van der Waals surface area contributed by atoms with Crippen LogP contribution in [0.2, 0.25) is 0 Å². The fourth-order valence-electron chi connectivity index (χ4n) is 1.39. The van der Waals surface area contributed by atoms with Crippen LogP contribution in [0.1, 0.15) is 6.42 Å². The summed E-state index contributed by atoms with van der Waals surface area (Å²) in [5, 5.41) is 0. The third kappa shape index (κ3) is 6.09. The predicted octanol–water partition coefficient (Wildman–Crippen LogP) is 0.321. The molecule has 1 heterocycles. The molecule has 0 amide bonds. The second-order valence-corrected chi connectivity index (χ2v) is 4.89. The van der Waals surface area contributed by atoms with Gasteiger partial charge in [-0.1, -0.05) is 0 Å². The van der Waals surface area contributed by atoms with Crippen molar-refractivity contribution in [1.29, 1.82) is 0 Å². The lowest BCUT2D eigenvalue weighted by Gasteiger charge is -2.08. The molecular weight excluding hydrogens is 319 g/mol. The van der Waals surface area contributed by atoms with Gasteiger partial charge in [0.25, 0.3) is 0 Å². The van der Waals surface area contributed by atoms with Crippen LogP contribution in [0.4, 0.5) is 4.79 Å². The van der Waals surface area contributed by atoms with E-state index in [2.05, 4.69) is 14.2 Å². The zero-order chi connectivity index (χ0) is 16.5. The quantitative estimate of drug-likeness (QED) is 0.281. The summed E-state index contributed by atoms with van der Waals surface area (Å²) in [6.45, 7) is 0.110. The van der Waals surface area contributed by atoms with Crippen LogP contribution in [-0.4, -0.2) is 57.2 Å². The Morgan fingerprint density at radius 2 is 2.05 bits per heavy atom. The maximum atomic E-state index is 11.6. The molecule has 0 aliphatic carbocycles. The first-order chi connectivity index (χ1) is 10.5.